The molecular weight excluding hydrogens is 441 g/mol. The van der Waals surface area contributed by atoms with Crippen molar-refractivity contribution in [2.75, 3.05) is 28.6 Å². The average molecular weight is 470 g/mol. The number of aromatic nitrogens is 2. The molecular formula is C28H28FN5O. The first kappa shape index (κ1) is 22.8. The number of carbonyl (C=O) groups is 1. The predicted octanol–water partition coefficient (Wildman–Crippen LogP) is 5.93. The first-order valence-electron chi connectivity index (χ1n) is 12.0. The van der Waals surface area contributed by atoms with Crippen LogP contribution in [-0.4, -0.2) is 29.0 Å². The molecule has 3 aromatic carbocycles. The number of rotatable bonds is 6. The number of fused-ring (bicyclic) bond motifs is 1. The van der Waals surface area contributed by atoms with E-state index in [1.54, 1.807) is 0 Å². The summed E-state index contributed by atoms with van der Waals surface area (Å²) in [4.78, 5) is 24.4. The van der Waals surface area contributed by atoms with Gasteiger partial charge in [-0.05, 0) is 80.3 Å². The molecule has 0 atom stereocenters. The standard InChI is InChI=1S/C28H28FN5O/c1-19-5-14-25-24(17-19)26(33-28(32-25)34-15-3-2-4-16-34)30-18-20-6-12-23(13-7-20)31-27(35)21-8-10-22(29)11-9-21/h5-14,17H,2-4,15-16,18H2,1H3,(H,31,35)(H,30,32,33). The Bertz CT molecular complexity index is 1330. The molecule has 35 heavy (non-hydrogen) atoms. The molecule has 0 aliphatic carbocycles. The fourth-order valence-corrected chi connectivity index (χ4v) is 4.30. The minimum absolute atomic E-state index is 0.274. The Morgan fingerprint density at radius 1 is 0.943 bits per heavy atom. The van der Waals surface area contributed by atoms with Gasteiger partial charge in [0.2, 0.25) is 5.95 Å². The molecule has 178 valence electrons. The van der Waals surface area contributed by atoms with Crippen molar-refractivity contribution in [2.45, 2.75) is 32.7 Å². The molecule has 0 unspecified atom stereocenters. The summed E-state index contributed by atoms with van der Waals surface area (Å²) >= 11 is 0. The number of aryl methyl sites for hydroxylation is 1. The van der Waals surface area contributed by atoms with E-state index in [1.165, 1.54) is 43.5 Å². The zero-order valence-corrected chi connectivity index (χ0v) is 19.7. The maximum absolute atomic E-state index is 13.1. The molecule has 0 spiro atoms. The van der Waals surface area contributed by atoms with Gasteiger partial charge >= 0.3 is 0 Å². The summed E-state index contributed by atoms with van der Waals surface area (Å²) in [7, 11) is 0. The van der Waals surface area contributed by atoms with Gasteiger partial charge in [0.05, 0.1) is 5.52 Å². The molecule has 0 bridgehead atoms. The zero-order valence-electron chi connectivity index (χ0n) is 19.7. The molecule has 1 aliphatic heterocycles. The molecule has 0 saturated carbocycles. The summed E-state index contributed by atoms with van der Waals surface area (Å²) in [5.41, 5.74) is 4.25. The second-order valence-corrected chi connectivity index (χ2v) is 8.95. The second-order valence-electron chi connectivity index (χ2n) is 8.95. The molecule has 0 radical (unpaired) electrons. The number of halogens is 1. The van der Waals surface area contributed by atoms with E-state index in [-0.39, 0.29) is 11.7 Å². The lowest BCUT2D eigenvalue weighted by Gasteiger charge is -2.27. The highest BCUT2D eigenvalue weighted by atomic mass is 19.1. The van der Waals surface area contributed by atoms with E-state index in [0.29, 0.717) is 17.8 Å². The number of amides is 1. The summed E-state index contributed by atoms with van der Waals surface area (Å²) in [6, 6.07) is 19.4. The Balaban J connectivity index is 1.30. The Hall–Kier alpha value is -4.00. The predicted molar refractivity (Wildman–Crippen MR) is 138 cm³/mol. The van der Waals surface area contributed by atoms with Crippen molar-refractivity contribution in [3.05, 3.63) is 89.2 Å². The number of carbonyl (C=O) groups excluding carboxylic acids is 1. The first-order chi connectivity index (χ1) is 17.0. The van der Waals surface area contributed by atoms with Crippen LogP contribution in [0.5, 0.6) is 0 Å². The van der Waals surface area contributed by atoms with Crippen molar-refractivity contribution in [2.24, 2.45) is 0 Å². The van der Waals surface area contributed by atoms with Crippen LogP contribution in [0.15, 0.2) is 66.7 Å². The van der Waals surface area contributed by atoms with Crippen LogP contribution in [0.3, 0.4) is 0 Å². The maximum atomic E-state index is 13.1. The summed E-state index contributed by atoms with van der Waals surface area (Å²) in [6.45, 7) is 4.64. The second kappa shape index (κ2) is 10.1. The average Bonchev–Trinajstić information content (AvgIpc) is 2.89. The number of piperidine rings is 1. The van der Waals surface area contributed by atoms with E-state index in [0.717, 1.165) is 46.9 Å². The summed E-state index contributed by atoms with van der Waals surface area (Å²) in [5, 5.41) is 7.35. The van der Waals surface area contributed by atoms with Crippen molar-refractivity contribution in [1.29, 1.82) is 0 Å². The van der Waals surface area contributed by atoms with Gasteiger partial charge in [-0.1, -0.05) is 23.8 Å². The van der Waals surface area contributed by atoms with E-state index in [2.05, 4.69) is 40.7 Å². The molecule has 5 rings (SSSR count). The number of hydrogen-bond acceptors (Lipinski definition) is 5. The van der Waals surface area contributed by atoms with Gasteiger partial charge in [-0.25, -0.2) is 9.37 Å². The SMILES string of the molecule is Cc1ccc2nc(N3CCCCC3)nc(NCc3ccc(NC(=O)c4ccc(F)cc4)cc3)c2c1. The summed E-state index contributed by atoms with van der Waals surface area (Å²) < 4.78 is 13.1. The summed E-state index contributed by atoms with van der Waals surface area (Å²) in [5.74, 6) is 0.965. The fourth-order valence-electron chi connectivity index (χ4n) is 4.30. The fraction of sp³-hybridized carbons (Fsp3) is 0.250. The highest BCUT2D eigenvalue weighted by molar-refractivity contribution is 6.04. The lowest BCUT2D eigenvalue weighted by molar-refractivity contribution is 0.102. The van der Waals surface area contributed by atoms with E-state index >= 15 is 0 Å². The van der Waals surface area contributed by atoms with Crippen LogP contribution in [0.4, 0.5) is 21.8 Å². The van der Waals surface area contributed by atoms with Crippen LogP contribution in [0.2, 0.25) is 0 Å². The van der Waals surface area contributed by atoms with Gasteiger partial charge in [0.15, 0.2) is 0 Å². The number of nitrogens with zero attached hydrogens (tertiary/aromatic N) is 3. The van der Waals surface area contributed by atoms with Crippen LogP contribution >= 0.6 is 0 Å². The molecule has 1 saturated heterocycles. The Kier molecular flexibility index (Phi) is 6.57. The van der Waals surface area contributed by atoms with Gasteiger partial charge < -0.3 is 15.5 Å². The molecule has 1 amide bonds. The first-order valence-corrected chi connectivity index (χ1v) is 12.0. The molecule has 2 N–H and O–H groups in total. The topological polar surface area (TPSA) is 70.2 Å². The van der Waals surface area contributed by atoms with E-state index in [4.69, 9.17) is 9.97 Å². The van der Waals surface area contributed by atoms with E-state index in [9.17, 15) is 9.18 Å². The van der Waals surface area contributed by atoms with Crippen LogP contribution < -0.4 is 15.5 Å². The van der Waals surface area contributed by atoms with Gasteiger partial charge in [0, 0.05) is 36.3 Å². The van der Waals surface area contributed by atoms with E-state index in [1.807, 2.05) is 24.3 Å². The smallest absolute Gasteiger partial charge is 0.255 e. The highest BCUT2D eigenvalue weighted by Crippen LogP contribution is 2.27. The minimum Gasteiger partial charge on any atom is -0.365 e. The lowest BCUT2D eigenvalue weighted by atomic mass is 10.1. The summed E-state index contributed by atoms with van der Waals surface area (Å²) in [6.07, 6.45) is 3.60. The van der Waals surface area contributed by atoms with Crippen molar-refractivity contribution < 1.29 is 9.18 Å². The maximum Gasteiger partial charge on any atom is 0.255 e. The van der Waals surface area contributed by atoms with Crippen LogP contribution in [-0.2, 0) is 6.54 Å². The Morgan fingerprint density at radius 3 is 2.43 bits per heavy atom. The molecule has 4 aromatic rings. The third-order valence-electron chi connectivity index (χ3n) is 6.26. The zero-order chi connectivity index (χ0) is 24.2. The third kappa shape index (κ3) is 5.40. The number of anilines is 3. The highest BCUT2D eigenvalue weighted by Gasteiger charge is 2.16. The van der Waals surface area contributed by atoms with Gasteiger partial charge in [0.1, 0.15) is 11.6 Å². The normalized spacial score (nSPS) is 13.6. The number of hydrogen-bond donors (Lipinski definition) is 2. The minimum atomic E-state index is -0.368. The van der Waals surface area contributed by atoms with Crippen molar-refractivity contribution in [3.63, 3.8) is 0 Å². The van der Waals surface area contributed by atoms with Gasteiger partial charge in [-0.3, -0.25) is 4.79 Å². The molecule has 1 aromatic heterocycles. The Labute approximate surface area is 204 Å². The quantitative estimate of drug-likeness (QED) is 0.366. The Morgan fingerprint density at radius 2 is 1.69 bits per heavy atom. The lowest BCUT2D eigenvalue weighted by Crippen LogP contribution is -2.31. The van der Waals surface area contributed by atoms with Crippen molar-refractivity contribution in [1.82, 2.24) is 9.97 Å². The van der Waals surface area contributed by atoms with Crippen LogP contribution in [0.25, 0.3) is 10.9 Å². The molecule has 6 nitrogen and oxygen atoms in total. The van der Waals surface area contributed by atoms with Crippen molar-refractivity contribution >= 4 is 34.3 Å². The van der Waals surface area contributed by atoms with Crippen molar-refractivity contribution in [3.8, 4) is 0 Å². The molecule has 2 heterocycles. The van der Waals surface area contributed by atoms with Crippen LogP contribution in [0, 0.1) is 12.7 Å². The molecule has 7 heteroatoms. The third-order valence-corrected chi connectivity index (χ3v) is 6.26. The molecule has 1 fully saturated rings. The van der Waals surface area contributed by atoms with Gasteiger partial charge in [-0.15, -0.1) is 0 Å². The molecule has 1 aliphatic rings. The number of benzene rings is 3. The monoisotopic (exact) mass is 469 g/mol. The number of nitrogens with one attached hydrogen (secondary N) is 2. The largest absolute Gasteiger partial charge is 0.365 e. The van der Waals surface area contributed by atoms with Gasteiger partial charge in [0.25, 0.3) is 5.91 Å². The van der Waals surface area contributed by atoms with Gasteiger partial charge in [-0.2, -0.15) is 4.98 Å². The van der Waals surface area contributed by atoms with E-state index < -0.39 is 0 Å². The van der Waals surface area contributed by atoms with Crippen LogP contribution in [0.1, 0.15) is 40.7 Å².